The molecule has 0 atom stereocenters. The van der Waals surface area contributed by atoms with Gasteiger partial charge in [-0.3, -0.25) is 0 Å². The molecule has 0 bridgehead atoms. The number of hydrogen-bond acceptors (Lipinski definition) is 3. The molecule has 1 aromatic carbocycles. The predicted octanol–water partition coefficient (Wildman–Crippen LogP) is 4.43. The monoisotopic (exact) mass is 287 g/mol. The van der Waals surface area contributed by atoms with E-state index in [1.807, 2.05) is 12.1 Å². The molecule has 0 saturated heterocycles. The molecular formula is C18H25NO2. The molecule has 0 amide bonds. The van der Waals surface area contributed by atoms with Crippen LogP contribution in [0.3, 0.4) is 0 Å². The molecule has 1 saturated carbocycles. The molecule has 1 aromatic heterocycles. The van der Waals surface area contributed by atoms with Crippen molar-refractivity contribution >= 4 is 11.0 Å². The van der Waals surface area contributed by atoms with Crippen molar-refractivity contribution in [1.29, 1.82) is 0 Å². The Kier molecular flexibility index (Phi) is 4.49. The minimum Gasteiger partial charge on any atom is -0.494 e. The number of aryl methyl sites for hydroxylation is 1. The maximum Gasteiger partial charge on any atom is 0.134 e. The van der Waals surface area contributed by atoms with Gasteiger partial charge in [0.2, 0.25) is 0 Å². The summed E-state index contributed by atoms with van der Waals surface area (Å²) in [5.74, 6) is 2.05. The third-order valence-electron chi connectivity index (χ3n) is 3.95. The van der Waals surface area contributed by atoms with Crippen LogP contribution in [0.15, 0.2) is 22.6 Å². The number of fused-ring (bicyclic) bond motifs is 1. The Hall–Kier alpha value is -1.48. The van der Waals surface area contributed by atoms with E-state index in [-0.39, 0.29) is 0 Å². The first-order valence-electron chi connectivity index (χ1n) is 8.22. The van der Waals surface area contributed by atoms with E-state index in [4.69, 9.17) is 9.15 Å². The van der Waals surface area contributed by atoms with E-state index < -0.39 is 0 Å². The average Bonchev–Trinajstić information content (AvgIpc) is 3.27. The second-order valence-electron chi connectivity index (χ2n) is 5.92. The topological polar surface area (TPSA) is 34.4 Å². The predicted molar refractivity (Wildman–Crippen MR) is 85.9 cm³/mol. The van der Waals surface area contributed by atoms with Gasteiger partial charge in [0.15, 0.2) is 0 Å². The molecule has 3 heteroatoms. The number of nitrogens with one attached hydrogen (secondary N) is 1. The molecule has 1 heterocycles. The van der Waals surface area contributed by atoms with Gasteiger partial charge in [-0.1, -0.05) is 20.3 Å². The lowest BCUT2D eigenvalue weighted by Crippen LogP contribution is -2.15. The van der Waals surface area contributed by atoms with E-state index >= 15 is 0 Å². The van der Waals surface area contributed by atoms with Gasteiger partial charge in [-0.15, -0.1) is 0 Å². The van der Waals surface area contributed by atoms with Gasteiger partial charge in [0.1, 0.15) is 17.1 Å². The van der Waals surface area contributed by atoms with Crippen LogP contribution >= 0.6 is 0 Å². The third kappa shape index (κ3) is 3.41. The molecule has 0 radical (unpaired) electrons. The summed E-state index contributed by atoms with van der Waals surface area (Å²) in [6.07, 6.45) is 5.83. The number of furan rings is 1. The van der Waals surface area contributed by atoms with Crippen molar-refractivity contribution in [2.75, 3.05) is 6.61 Å². The molecule has 2 aromatic rings. The van der Waals surface area contributed by atoms with Gasteiger partial charge >= 0.3 is 0 Å². The van der Waals surface area contributed by atoms with Gasteiger partial charge in [0.25, 0.3) is 0 Å². The highest BCUT2D eigenvalue weighted by molar-refractivity contribution is 5.83. The van der Waals surface area contributed by atoms with Gasteiger partial charge in [-0.05, 0) is 43.9 Å². The van der Waals surface area contributed by atoms with Crippen molar-refractivity contribution in [2.45, 2.75) is 58.5 Å². The smallest absolute Gasteiger partial charge is 0.134 e. The largest absolute Gasteiger partial charge is 0.494 e. The Morgan fingerprint density at radius 3 is 2.81 bits per heavy atom. The SMILES string of the molecule is CCCOc1ccc2oc(CNC3CC3)c(CCC)c2c1. The van der Waals surface area contributed by atoms with Crippen molar-refractivity contribution in [3.8, 4) is 5.75 Å². The Morgan fingerprint density at radius 1 is 1.24 bits per heavy atom. The fourth-order valence-corrected chi connectivity index (χ4v) is 2.68. The third-order valence-corrected chi connectivity index (χ3v) is 3.95. The van der Waals surface area contributed by atoms with Gasteiger partial charge in [0, 0.05) is 17.0 Å². The van der Waals surface area contributed by atoms with Crippen LogP contribution in [0.5, 0.6) is 5.75 Å². The molecular weight excluding hydrogens is 262 g/mol. The van der Waals surface area contributed by atoms with E-state index in [1.165, 1.54) is 23.8 Å². The van der Waals surface area contributed by atoms with Crippen LogP contribution in [0, 0.1) is 0 Å². The molecule has 1 aliphatic carbocycles. The van der Waals surface area contributed by atoms with Crippen molar-refractivity contribution in [3.63, 3.8) is 0 Å². The average molecular weight is 287 g/mol. The zero-order valence-electron chi connectivity index (χ0n) is 13.1. The van der Waals surface area contributed by atoms with Gasteiger partial charge in [-0.2, -0.15) is 0 Å². The number of hydrogen-bond donors (Lipinski definition) is 1. The molecule has 0 aliphatic heterocycles. The molecule has 1 N–H and O–H groups in total. The van der Waals surface area contributed by atoms with Crippen molar-refractivity contribution in [3.05, 3.63) is 29.5 Å². The maximum absolute atomic E-state index is 6.07. The van der Waals surface area contributed by atoms with Crippen LogP contribution in [0.4, 0.5) is 0 Å². The van der Waals surface area contributed by atoms with Crippen molar-refractivity contribution in [2.24, 2.45) is 0 Å². The number of rotatable bonds is 8. The minimum absolute atomic E-state index is 0.705. The summed E-state index contributed by atoms with van der Waals surface area (Å²) in [7, 11) is 0. The van der Waals surface area contributed by atoms with Crippen LogP contribution in [0.1, 0.15) is 50.9 Å². The fraction of sp³-hybridized carbons (Fsp3) is 0.556. The summed E-state index contributed by atoms with van der Waals surface area (Å²) in [5, 5.41) is 4.78. The van der Waals surface area contributed by atoms with E-state index in [1.54, 1.807) is 0 Å². The molecule has 1 fully saturated rings. The van der Waals surface area contributed by atoms with Crippen LogP contribution in [-0.2, 0) is 13.0 Å². The normalized spacial score (nSPS) is 14.8. The zero-order valence-corrected chi connectivity index (χ0v) is 13.1. The molecule has 3 rings (SSSR count). The minimum atomic E-state index is 0.705. The summed E-state index contributed by atoms with van der Waals surface area (Å²) in [5.41, 5.74) is 2.33. The quantitative estimate of drug-likeness (QED) is 0.780. The zero-order chi connectivity index (χ0) is 14.7. The number of benzene rings is 1. The second-order valence-corrected chi connectivity index (χ2v) is 5.92. The molecule has 1 aliphatic rings. The first-order chi connectivity index (χ1) is 10.3. The highest BCUT2D eigenvalue weighted by atomic mass is 16.5. The summed E-state index contributed by atoms with van der Waals surface area (Å²) in [4.78, 5) is 0. The van der Waals surface area contributed by atoms with E-state index in [2.05, 4.69) is 25.2 Å². The van der Waals surface area contributed by atoms with Crippen LogP contribution in [-0.4, -0.2) is 12.6 Å². The first-order valence-corrected chi connectivity index (χ1v) is 8.22. The summed E-state index contributed by atoms with van der Waals surface area (Å²) >= 11 is 0. The Balaban J connectivity index is 1.88. The standard InChI is InChI=1S/C18H25NO2/c1-3-5-15-16-11-14(20-10-4-2)8-9-17(16)21-18(15)12-19-13-6-7-13/h8-9,11,13,19H,3-7,10,12H2,1-2H3. The van der Waals surface area contributed by atoms with E-state index in [0.29, 0.717) is 6.04 Å². The number of ether oxygens (including phenoxy) is 1. The Labute approximate surface area is 126 Å². The van der Waals surface area contributed by atoms with Crippen molar-refractivity contribution < 1.29 is 9.15 Å². The Morgan fingerprint density at radius 2 is 2.10 bits per heavy atom. The highest BCUT2D eigenvalue weighted by Crippen LogP contribution is 2.31. The van der Waals surface area contributed by atoms with Gasteiger partial charge in [0.05, 0.1) is 13.2 Å². The highest BCUT2D eigenvalue weighted by Gasteiger charge is 2.22. The molecule has 0 unspecified atom stereocenters. The lowest BCUT2D eigenvalue weighted by molar-refractivity contribution is 0.318. The lowest BCUT2D eigenvalue weighted by Gasteiger charge is -2.05. The molecule has 3 nitrogen and oxygen atoms in total. The Bertz CT molecular complexity index is 599. The second kappa shape index (κ2) is 6.52. The summed E-state index contributed by atoms with van der Waals surface area (Å²) in [6, 6.07) is 6.89. The van der Waals surface area contributed by atoms with Crippen LogP contribution in [0.25, 0.3) is 11.0 Å². The van der Waals surface area contributed by atoms with Crippen LogP contribution in [0.2, 0.25) is 0 Å². The van der Waals surface area contributed by atoms with E-state index in [0.717, 1.165) is 49.5 Å². The summed E-state index contributed by atoms with van der Waals surface area (Å²) in [6.45, 7) is 5.96. The first kappa shape index (κ1) is 14.5. The molecule has 21 heavy (non-hydrogen) atoms. The van der Waals surface area contributed by atoms with E-state index in [9.17, 15) is 0 Å². The molecule has 114 valence electrons. The molecule has 0 spiro atoms. The van der Waals surface area contributed by atoms with Gasteiger partial charge < -0.3 is 14.5 Å². The van der Waals surface area contributed by atoms with Crippen LogP contribution < -0.4 is 10.1 Å². The fourth-order valence-electron chi connectivity index (χ4n) is 2.68. The van der Waals surface area contributed by atoms with Crippen molar-refractivity contribution in [1.82, 2.24) is 5.32 Å². The van der Waals surface area contributed by atoms with Gasteiger partial charge in [-0.25, -0.2) is 0 Å². The lowest BCUT2D eigenvalue weighted by atomic mass is 10.1. The maximum atomic E-state index is 6.07. The summed E-state index contributed by atoms with van der Waals surface area (Å²) < 4.78 is 11.8.